The van der Waals surface area contributed by atoms with Crippen molar-refractivity contribution in [1.82, 2.24) is 19.7 Å². The van der Waals surface area contributed by atoms with E-state index in [1.807, 2.05) is 7.05 Å². The molecule has 0 aliphatic carbocycles. The summed E-state index contributed by atoms with van der Waals surface area (Å²) in [6, 6.07) is 10.4. The summed E-state index contributed by atoms with van der Waals surface area (Å²) in [5.74, 6) is 1.75. The van der Waals surface area contributed by atoms with E-state index >= 15 is 0 Å². The molecular formula is C17H15Cl2N5O2S. The second-order valence-corrected chi connectivity index (χ2v) is 7.21. The second kappa shape index (κ2) is 9.07. The predicted molar refractivity (Wildman–Crippen MR) is 105 cm³/mol. The number of pyridine rings is 1. The zero-order valence-corrected chi connectivity index (χ0v) is 16.6. The molecule has 0 aliphatic heterocycles. The van der Waals surface area contributed by atoms with Crippen LogP contribution in [-0.2, 0) is 18.4 Å². The van der Waals surface area contributed by atoms with Crippen LogP contribution in [-0.4, -0.2) is 31.4 Å². The van der Waals surface area contributed by atoms with E-state index < -0.39 is 0 Å². The van der Waals surface area contributed by atoms with E-state index in [-0.39, 0.29) is 18.3 Å². The molecule has 7 nitrogen and oxygen atoms in total. The molecule has 140 valence electrons. The third-order valence-corrected chi connectivity index (χ3v) is 4.93. The third-order valence-electron chi connectivity index (χ3n) is 3.43. The highest BCUT2D eigenvalue weighted by Crippen LogP contribution is 2.19. The fraction of sp³-hybridized carbons (Fsp3) is 0.176. The van der Waals surface area contributed by atoms with Crippen molar-refractivity contribution >= 4 is 46.7 Å². The van der Waals surface area contributed by atoms with Gasteiger partial charge in [-0.15, -0.1) is 10.2 Å². The Hall–Kier alpha value is -2.29. The zero-order chi connectivity index (χ0) is 19.2. The van der Waals surface area contributed by atoms with Crippen molar-refractivity contribution in [2.75, 3.05) is 11.1 Å². The number of thioether (sulfide) groups is 1. The lowest BCUT2D eigenvalue weighted by molar-refractivity contribution is -0.113. The first-order valence-electron chi connectivity index (χ1n) is 7.82. The van der Waals surface area contributed by atoms with Crippen LogP contribution in [0, 0.1) is 0 Å². The average molecular weight is 424 g/mol. The van der Waals surface area contributed by atoms with E-state index in [0.717, 1.165) is 0 Å². The number of aromatic nitrogens is 4. The van der Waals surface area contributed by atoms with Gasteiger partial charge in [0.15, 0.2) is 11.0 Å². The minimum atomic E-state index is -0.197. The predicted octanol–water partition coefficient (Wildman–Crippen LogP) is 3.83. The molecule has 0 atom stereocenters. The Morgan fingerprint density at radius 2 is 1.89 bits per heavy atom. The van der Waals surface area contributed by atoms with Crippen molar-refractivity contribution < 1.29 is 9.53 Å². The average Bonchev–Trinajstić information content (AvgIpc) is 3.01. The number of hydrogen-bond acceptors (Lipinski definition) is 6. The number of benzene rings is 1. The lowest BCUT2D eigenvalue weighted by Gasteiger charge is -2.07. The Balaban J connectivity index is 1.51. The number of ether oxygens (including phenoxy) is 1. The Morgan fingerprint density at radius 3 is 2.59 bits per heavy atom. The molecular weight excluding hydrogens is 409 g/mol. The minimum Gasteiger partial charge on any atom is -0.486 e. The van der Waals surface area contributed by atoms with E-state index in [9.17, 15) is 4.79 Å². The van der Waals surface area contributed by atoms with E-state index in [1.165, 1.54) is 18.0 Å². The fourth-order valence-corrected chi connectivity index (χ4v) is 3.00. The van der Waals surface area contributed by atoms with Crippen LogP contribution in [0.25, 0.3) is 0 Å². The lowest BCUT2D eigenvalue weighted by Crippen LogP contribution is -2.15. The molecule has 0 saturated heterocycles. The Morgan fingerprint density at radius 1 is 1.15 bits per heavy atom. The Kier molecular flexibility index (Phi) is 6.54. The van der Waals surface area contributed by atoms with E-state index in [1.54, 1.807) is 41.0 Å². The normalized spacial score (nSPS) is 10.6. The van der Waals surface area contributed by atoms with Crippen molar-refractivity contribution in [3.63, 3.8) is 0 Å². The van der Waals surface area contributed by atoms with Crippen LogP contribution in [0.5, 0.6) is 5.75 Å². The van der Waals surface area contributed by atoms with Gasteiger partial charge in [-0.05, 0) is 36.4 Å². The van der Waals surface area contributed by atoms with Crippen LogP contribution in [0.15, 0.2) is 47.8 Å². The number of amides is 1. The monoisotopic (exact) mass is 423 g/mol. The highest BCUT2D eigenvalue weighted by Gasteiger charge is 2.12. The molecule has 0 fully saturated rings. The van der Waals surface area contributed by atoms with Crippen molar-refractivity contribution in [1.29, 1.82) is 0 Å². The van der Waals surface area contributed by atoms with E-state index in [4.69, 9.17) is 27.9 Å². The zero-order valence-electron chi connectivity index (χ0n) is 14.2. The lowest BCUT2D eigenvalue weighted by atomic mass is 10.3. The van der Waals surface area contributed by atoms with Crippen LogP contribution in [0.4, 0.5) is 5.82 Å². The first-order valence-corrected chi connectivity index (χ1v) is 9.56. The molecule has 0 aliphatic rings. The van der Waals surface area contributed by atoms with Gasteiger partial charge < -0.3 is 14.6 Å². The molecule has 1 N–H and O–H groups in total. The van der Waals surface area contributed by atoms with Gasteiger partial charge in [0.2, 0.25) is 5.91 Å². The summed E-state index contributed by atoms with van der Waals surface area (Å²) in [6.07, 6.45) is 1.47. The van der Waals surface area contributed by atoms with Crippen LogP contribution >= 0.6 is 35.0 Å². The molecule has 0 radical (unpaired) electrons. The number of halogens is 2. The molecule has 0 saturated carbocycles. The molecule has 1 amide bonds. The smallest absolute Gasteiger partial charge is 0.236 e. The number of hydrogen-bond donors (Lipinski definition) is 1. The first kappa shape index (κ1) is 19.5. The van der Waals surface area contributed by atoms with Gasteiger partial charge in [-0.25, -0.2) is 4.98 Å². The van der Waals surface area contributed by atoms with E-state index in [0.29, 0.717) is 32.6 Å². The van der Waals surface area contributed by atoms with Gasteiger partial charge in [-0.1, -0.05) is 35.0 Å². The van der Waals surface area contributed by atoms with Crippen molar-refractivity contribution in [3.8, 4) is 5.75 Å². The van der Waals surface area contributed by atoms with Gasteiger partial charge in [0, 0.05) is 18.3 Å². The van der Waals surface area contributed by atoms with E-state index in [2.05, 4.69) is 20.5 Å². The standard InChI is InChI=1S/C17H15Cl2N5O2S/c1-24-15(9-26-13-5-2-11(18)3-6-13)22-23-17(24)27-10-16(25)21-14-7-4-12(19)8-20-14/h2-8H,9-10H2,1H3,(H,20,21,25). The minimum absolute atomic E-state index is 0.175. The molecule has 10 heteroatoms. The summed E-state index contributed by atoms with van der Waals surface area (Å²) >= 11 is 12.9. The summed E-state index contributed by atoms with van der Waals surface area (Å²) in [6.45, 7) is 0.257. The molecule has 3 rings (SSSR count). The summed E-state index contributed by atoms with van der Waals surface area (Å²) in [7, 11) is 1.82. The van der Waals surface area contributed by atoms with Crippen molar-refractivity contribution in [2.45, 2.75) is 11.8 Å². The summed E-state index contributed by atoms with van der Waals surface area (Å²) in [5, 5.41) is 12.7. The molecule has 3 aromatic rings. The maximum atomic E-state index is 12.0. The van der Waals surface area contributed by atoms with Gasteiger partial charge in [0.1, 0.15) is 18.2 Å². The topological polar surface area (TPSA) is 81.9 Å². The number of carbonyl (C=O) groups is 1. The SMILES string of the molecule is Cn1c(COc2ccc(Cl)cc2)nnc1SCC(=O)Nc1ccc(Cl)cn1. The maximum Gasteiger partial charge on any atom is 0.236 e. The second-order valence-electron chi connectivity index (χ2n) is 5.40. The van der Waals surface area contributed by atoms with Crippen LogP contribution in [0.1, 0.15) is 5.82 Å². The molecule has 2 heterocycles. The number of rotatable bonds is 7. The molecule has 2 aromatic heterocycles. The molecule has 0 unspecified atom stereocenters. The Labute approximate surface area is 170 Å². The third kappa shape index (κ3) is 5.59. The summed E-state index contributed by atoms with van der Waals surface area (Å²) in [4.78, 5) is 16.1. The van der Waals surface area contributed by atoms with Gasteiger partial charge in [-0.3, -0.25) is 4.79 Å². The number of anilines is 1. The number of carbonyl (C=O) groups excluding carboxylic acids is 1. The molecule has 1 aromatic carbocycles. The Bertz CT molecular complexity index is 916. The molecule has 0 spiro atoms. The fourth-order valence-electron chi connectivity index (χ4n) is 2.03. The van der Waals surface area contributed by atoms with Gasteiger partial charge in [-0.2, -0.15) is 0 Å². The largest absolute Gasteiger partial charge is 0.486 e. The van der Waals surface area contributed by atoms with Gasteiger partial charge >= 0.3 is 0 Å². The van der Waals surface area contributed by atoms with Crippen LogP contribution < -0.4 is 10.1 Å². The summed E-state index contributed by atoms with van der Waals surface area (Å²) < 4.78 is 7.45. The number of nitrogens with one attached hydrogen (secondary N) is 1. The van der Waals surface area contributed by atoms with Crippen LogP contribution in [0.2, 0.25) is 10.0 Å². The maximum absolute atomic E-state index is 12.0. The number of nitrogens with zero attached hydrogens (tertiary/aromatic N) is 4. The van der Waals surface area contributed by atoms with Gasteiger partial charge in [0.05, 0.1) is 10.8 Å². The first-order chi connectivity index (χ1) is 13.0. The van der Waals surface area contributed by atoms with Gasteiger partial charge in [0.25, 0.3) is 0 Å². The highest BCUT2D eigenvalue weighted by molar-refractivity contribution is 7.99. The molecule has 0 bridgehead atoms. The highest BCUT2D eigenvalue weighted by atomic mass is 35.5. The van der Waals surface area contributed by atoms with Crippen LogP contribution in [0.3, 0.4) is 0 Å². The quantitative estimate of drug-likeness (QED) is 0.581. The molecule has 27 heavy (non-hydrogen) atoms. The van der Waals surface area contributed by atoms with Crippen molar-refractivity contribution in [3.05, 3.63) is 58.5 Å². The van der Waals surface area contributed by atoms with Crippen molar-refractivity contribution in [2.24, 2.45) is 7.05 Å². The summed E-state index contributed by atoms with van der Waals surface area (Å²) in [5.41, 5.74) is 0.